The van der Waals surface area contributed by atoms with Gasteiger partial charge < -0.3 is 19.4 Å². The number of hydrogen-bond donors (Lipinski definition) is 1. The number of aromatic amines is 1. The minimum atomic E-state index is -0.102. The van der Waals surface area contributed by atoms with Gasteiger partial charge in [0.15, 0.2) is 0 Å². The van der Waals surface area contributed by atoms with E-state index in [0.717, 1.165) is 68.0 Å². The van der Waals surface area contributed by atoms with Crippen LogP contribution in [0.3, 0.4) is 0 Å². The average molecular weight is 574 g/mol. The van der Waals surface area contributed by atoms with Crippen molar-refractivity contribution in [2.45, 2.75) is 44.9 Å². The van der Waals surface area contributed by atoms with E-state index < -0.39 is 0 Å². The molecule has 1 N–H and O–H groups in total. The lowest BCUT2D eigenvalue weighted by Gasteiger charge is -2.26. The van der Waals surface area contributed by atoms with Gasteiger partial charge in [-0.3, -0.25) is 9.69 Å². The second-order valence-corrected chi connectivity index (χ2v) is 12.4. The molecule has 0 bridgehead atoms. The van der Waals surface area contributed by atoms with Crippen molar-refractivity contribution in [3.8, 4) is 5.75 Å². The van der Waals surface area contributed by atoms with Gasteiger partial charge in [-0.15, -0.1) is 11.6 Å². The number of ether oxygens (including phenoxy) is 2. The second kappa shape index (κ2) is 12.0. The van der Waals surface area contributed by atoms with E-state index in [9.17, 15) is 4.79 Å². The number of nitrogens with zero attached hydrogens (tertiary/aromatic N) is 2. The van der Waals surface area contributed by atoms with Crippen LogP contribution in [0, 0.1) is 5.92 Å². The van der Waals surface area contributed by atoms with E-state index in [4.69, 9.17) is 21.1 Å². The molecule has 3 heterocycles. The summed E-state index contributed by atoms with van der Waals surface area (Å²) < 4.78 is 11.5. The third-order valence-corrected chi connectivity index (χ3v) is 9.16. The first-order chi connectivity index (χ1) is 19.9. The van der Waals surface area contributed by atoms with Gasteiger partial charge in [0.2, 0.25) is 0 Å². The third-order valence-electron chi connectivity index (χ3n) is 8.86. The average Bonchev–Trinajstić information content (AvgIpc) is 3.59. The molecule has 6 rings (SSSR count). The van der Waals surface area contributed by atoms with Gasteiger partial charge in [-0.25, -0.2) is 0 Å². The molecule has 1 aromatic heterocycles. The van der Waals surface area contributed by atoms with Gasteiger partial charge in [-0.05, 0) is 71.5 Å². The number of carbonyl (C=O) groups excluding carboxylic acids is 1. The van der Waals surface area contributed by atoms with Crippen molar-refractivity contribution in [2.24, 2.45) is 5.92 Å². The highest BCUT2D eigenvalue weighted by Crippen LogP contribution is 2.46. The van der Waals surface area contributed by atoms with E-state index in [1.165, 1.54) is 21.9 Å². The number of amides is 1. The van der Waals surface area contributed by atoms with Crippen molar-refractivity contribution in [3.05, 3.63) is 71.4 Å². The van der Waals surface area contributed by atoms with E-state index in [1.54, 1.807) is 0 Å². The van der Waals surface area contributed by atoms with Crippen LogP contribution in [0.4, 0.5) is 5.69 Å². The molecule has 41 heavy (non-hydrogen) atoms. The molecule has 3 aromatic carbocycles. The van der Waals surface area contributed by atoms with E-state index in [2.05, 4.69) is 54.1 Å². The van der Waals surface area contributed by atoms with Crippen LogP contribution in [0.15, 0.2) is 54.6 Å². The Labute approximate surface area is 247 Å². The van der Waals surface area contributed by atoms with E-state index >= 15 is 0 Å². The molecular weight excluding hydrogens is 534 g/mol. The first kappa shape index (κ1) is 28.1. The van der Waals surface area contributed by atoms with Crippen LogP contribution < -0.4 is 9.64 Å². The minimum absolute atomic E-state index is 0.0261. The normalized spacial score (nSPS) is 19.0. The SMILES string of the molecule is CCC(C)Cc1cc2c(c3ccccc13)[C@H]([C@@H](C)Cl)CN2C(=O)c1cc2cc(OCCN3CCOCC3)ccc2[nH]1. The molecule has 4 aromatic rings. The summed E-state index contributed by atoms with van der Waals surface area (Å²) in [5, 5.41) is 3.35. The maximum absolute atomic E-state index is 14.1. The Morgan fingerprint density at radius 1 is 1.10 bits per heavy atom. The number of halogens is 1. The fraction of sp³-hybridized carbons (Fsp3) is 0.441. The molecule has 2 aliphatic rings. The smallest absolute Gasteiger partial charge is 0.274 e. The lowest BCUT2D eigenvalue weighted by Crippen LogP contribution is -2.38. The van der Waals surface area contributed by atoms with Crippen LogP contribution in [-0.4, -0.2) is 67.2 Å². The van der Waals surface area contributed by atoms with Crippen LogP contribution in [0.2, 0.25) is 0 Å². The van der Waals surface area contributed by atoms with Crippen molar-refractivity contribution in [2.75, 3.05) is 50.9 Å². The Kier molecular flexibility index (Phi) is 8.25. The van der Waals surface area contributed by atoms with Crippen molar-refractivity contribution < 1.29 is 14.3 Å². The van der Waals surface area contributed by atoms with Crippen molar-refractivity contribution >= 4 is 44.9 Å². The Morgan fingerprint density at radius 2 is 1.88 bits per heavy atom. The lowest BCUT2D eigenvalue weighted by atomic mass is 9.88. The highest BCUT2D eigenvalue weighted by molar-refractivity contribution is 6.21. The zero-order valence-electron chi connectivity index (χ0n) is 24.3. The summed E-state index contributed by atoms with van der Waals surface area (Å²) in [5.41, 5.74) is 4.99. The van der Waals surface area contributed by atoms with Gasteiger partial charge in [-0.1, -0.05) is 44.5 Å². The molecule has 1 unspecified atom stereocenters. The first-order valence-electron chi connectivity index (χ1n) is 15.0. The molecule has 3 atom stereocenters. The fourth-order valence-corrected chi connectivity index (χ4v) is 6.50. The molecule has 0 spiro atoms. The zero-order valence-corrected chi connectivity index (χ0v) is 25.0. The van der Waals surface area contributed by atoms with E-state index in [1.807, 2.05) is 36.1 Å². The number of hydrogen-bond acceptors (Lipinski definition) is 4. The third kappa shape index (κ3) is 5.70. The number of aromatic nitrogens is 1. The number of nitrogens with one attached hydrogen (secondary N) is 1. The molecule has 2 aliphatic heterocycles. The number of anilines is 1. The van der Waals surface area contributed by atoms with Crippen LogP contribution in [0.5, 0.6) is 5.75 Å². The molecule has 0 aliphatic carbocycles. The standard InChI is InChI=1S/C34H40ClN3O3/c1-4-22(2)17-24-20-32-33(28-8-6-5-7-27(24)28)29(23(3)35)21-38(32)34(39)31-19-25-18-26(9-10-30(25)36-31)41-16-13-37-11-14-40-15-12-37/h5-10,18-20,22-23,29,36H,4,11-17,21H2,1-3H3/t22?,23-,29+/m1/s1. The summed E-state index contributed by atoms with van der Waals surface area (Å²) >= 11 is 6.78. The Hall–Kier alpha value is -3.06. The van der Waals surface area contributed by atoms with E-state index in [-0.39, 0.29) is 17.2 Å². The Balaban J connectivity index is 1.28. The first-order valence-corrected chi connectivity index (χ1v) is 15.4. The summed E-state index contributed by atoms with van der Waals surface area (Å²) in [7, 11) is 0. The van der Waals surface area contributed by atoms with Crippen molar-refractivity contribution in [1.82, 2.24) is 9.88 Å². The van der Waals surface area contributed by atoms with Crippen LogP contribution >= 0.6 is 11.6 Å². The molecule has 7 heteroatoms. The van der Waals surface area contributed by atoms with Crippen molar-refractivity contribution in [1.29, 1.82) is 0 Å². The molecule has 1 amide bonds. The molecular formula is C34H40ClN3O3. The number of fused-ring (bicyclic) bond motifs is 4. The number of carbonyl (C=O) groups is 1. The quantitative estimate of drug-likeness (QED) is 0.219. The second-order valence-electron chi connectivity index (χ2n) is 11.7. The summed E-state index contributed by atoms with van der Waals surface area (Å²) in [4.78, 5) is 21.8. The van der Waals surface area contributed by atoms with Gasteiger partial charge in [0.25, 0.3) is 5.91 Å². The van der Waals surface area contributed by atoms with Gasteiger partial charge in [0.1, 0.15) is 18.1 Å². The molecule has 216 valence electrons. The highest BCUT2D eigenvalue weighted by Gasteiger charge is 2.37. The van der Waals surface area contributed by atoms with Gasteiger partial charge in [0, 0.05) is 54.1 Å². The molecule has 1 fully saturated rings. The topological polar surface area (TPSA) is 57.8 Å². The van der Waals surface area contributed by atoms with Crippen LogP contribution in [-0.2, 0) is 11.2 Å². The largest absolute Gasteiger partial charge is 0.492 e. The minimum Gasteiger partial charge on any atom is -0.492 e. The lowest BCUT2D eigenvalue weighted by molar-refractivity contribution is 0.0322. The predicted molar refractivity (Wildman–Crippen MR) is 168 cm³/mol. The highest BCUT2D eigenvalue weighted by atomic mass is 35.5. The number of rotatable bonds is 9. The summed E-state index contributed by atoms with van der Waals surface area (Å²) in [6, 6.07) is 18.8. The fourth-order valence-electron chi connectivity index (χ4n) is 6.29. The van der Waals surface area contributed by atoms with Crippen LogP contribution in [0.1, 0.15) is 54.7 Å². The maximum Gasteiger partial charge on any atom is 0.274 e. The monoisotopic (exact) mass is 573 g/mol. The van der Waals surface area contributed by atoms with Gasteiger partial charge in [-0.2, -0.15) is 0 Å². The maximum atomic E-state index is 14.1. The number of morpholine rings is 1. The summed E-state index contributed by atoms with van der Waals surface area (Å²) in [5.74, 6) is 1.41. The zero-order chi connectivity index (χ0) is 28.5. The van der Waals surface area contributed by atoms with Gasteiger partial charge >= 0.3 is 0 Å². The summed E-state index contributed by atoms with van der Waals surface area (Å²) in [6.45, 7) is 12.1. The molecule has 0 saturated carbocycles. The van der Waals surface area contributed by atoms with Crippen molar-refractivity contribution in [3.63, 3.8) is 0 Å². The van der Waals surface area contributed by atoms with Crippen LogP contribution in [0.25, 0.3) is 21.7 Å². The molecule has 0 radical (unpaired) electrons. The van der Waals surface area contributed by atoms with Gasteiger partial charge in [0.05, 0.1) is 13.2 Å². The summed E-state index contributed by atoms with van der Waals surface area (Å²) in [6.07, 6.45) is 2.09. The number of alkyl halides is 1. The van der Waals surface area contributed by atoms with E-state index in [0.29, 0.717) is 24.8 Å². The Bertz CT molecular complexity index is 1540. The number of H-pyrrole nitrogens is 1. The molecule has 6 nitrogen and oxygen atoms in total. The molecule has 1 saturated heterocycles. The number of benzene rings is 3. The Morgan fingerprint density at radius 3 is 2.63 bits per heavy atom. The predicted octanol–water partition coefficient (Wildman–Crippen LogP) is 6.99.